The van der Waals surface area contributed by atoms with Crippen LogP contribution in [0.2, 0.25) is 0 Å². The first kappa shape index (κ1) is 21.9. The van der Waals surface area contributed by atoms with Crippen LogP contribution in [0.3, 0.4) is 0 Å². The molecule has 0 bridgehead atoms. The van der Waals surface area contributed by atoms with Crippen LogP contribution in [0.4, 0.5) is 0 Å². The fourth-order valence-electron chi connectivity index (χ4n) is 2.82. The maximum absolute atomic E-state index is 4.68. The first-order valence-corrected chi connectivity index (χ1v) is 9.32. The lowest BCUT2D eigenvalue weighted by Gasteiger charge is -2.13. The number of benzene rings is 1. The minimum atomic E-state index is 0. The van der Waals surface area contributed by atoms with Crippen molar-refractivity contribution in [2.24, 2.45) is 4.99 Å². The molecule has 0 fully saturated rings. The van der Waals surface area contributed by atoms with E-state index in [1.165, 1.54) is 11.1 Å². The van der Waals surface area contributed by atoms with Crippen LogP contribution in [0.5, 0.6) is 0 Å². The topological polar surface area (TPSA) is 67.1 Å². The minimum Gasteiger partial charge on any atom is -0.357 e. The molecular formula is C21H27IN6. The Bertz CT molecular complexity index is 859. The molecule has 0 radical (unpaired) electrons. The quantitative estimate of drug-likeness (QED) is 0.301. The summed E-state index contributed by atoms with van der Waals surface area (Å²) in [5.74, 6) is 1.66. The Labute approximate surface area is 183 Å². The van der Waals surface area contributed by atoms with E-state index in [1.54, 1.807) is 12.5 Å². The number of aryl methyl sites for hydroxylation is 1. The molecule has 1 aromatic carbocycles. The zero-order valence-electron chi connectivity index (χ0n) is 16.3. The van der Waals surface area contributed by atoms with Gasteiger partial charge in [-0.3, -0.25) is 4.57 Å². The third-order valence-corrected chi connectivity index (χ3v) is 4.29. The molecule has 3 rings (SSSR count). The van der Waals surface area contributed by atoms with Crippen molar-refractivity contribution in [1.82, 2.24) is 25.2 Å². The van der Waals surface area contributed by atoms with Gasteiger partial charge in [-0.15, -0.1) is 24.0 Å². The summed E-state index contributed by atoms with van der Waals surface area (Å²) >= 11 is 0. The average molecular weight is 490 g/mol. The van der Waals surface area contributed by atoms with Crippen molar-refractivity contribution >= 4 is 29.9 Å². The van der Waals surface area contributed by atoms with Crippen molar-refractivity contribution in [2.45, 2.75) is 33.4 Å². The lowest BCUT2D eigenvalue weighted by Crippen LogP contribution is -2.37. The minimum absolute atomic E-state index is 0. The van der Waals surface area contributed by atoms with Gasteiger partial charge in [0.25, 0.3) is 0 Å². The zero-order chi connectivity index (χ0) is 18.9. The highest BCUT2D eigenvalue weighted by Gasteiger charge is 2.03. The van der Waals surface area contributed by atoms with Crippen LogP contribution < -0.4 is 10.6 Å². The summed E-state index contributed by atoms with van der Waals surface area (Å²) in [6, 6.07) is 12.5. The second kappa shape index (κ2) is 11.4. The lowest BCUT2D eigenvalue weighted by molar-refractivity contribution is 0.808. The molecule has 0 aliphatic heterocycles. The van der Waals surface area contributed by atoms with Gasteiger partial charge in [-0.2, -0.15) is 0 Å². The van der Waals surface area contributed by atoms with E-state index in [0.717, 1.165) is 36.9 Å². The Morgan fingerprint density at radius 2 is 1.89 bits per heavy atom. The molecule has 2 N–H and O–H groups in total. The van der Waals surface area contributed by atoms with Gasteiger partial charge < -0.3 is 10.6 Å². The molecule has 0 spiro atoms. The van der Waals surface area contributed by atoms with Crippen LogP contribution >= 0.6 is 24.0 Å². The molecule has 2 aromatic heterocycles. The Hall–Kier alpha value is -2.42. The molecule has 0 saturated heterocycles. The second-order valence-corrected chi connectivity index (χ2v) is 6.17. The van der Waals surface area contributed by atoms with Crippen molar-refractivity contribution in [3.63, 3.8) is 0 Å². The number of guanidine groups is 1. The Morgan fingerprint density at radius 3 is 2.54 bits per heavy atom. The summed E-state index contributed by atoms with van der Waals surface area (Å²) < 4.78 is 1.88. The van der Waals surface area contributed by atoms with Crippen LogP contribution in [-0.4, -0.2) is 27.0 Å². The predicted octanol–water partition coefficient (Wildman–Crippen LogP) is 3.70. The number of rotatable bonds is 7. The molecule has 0 aliphatic carbocycles. The summed E-state index contributed by atoms with van der Waals surface area (Å²) in [5, 5.41) is 6.72. The van der Waals surface area contributed by atoms with E-state index >= 15 is 0 Å². The van der Waals surface area contributed by atoms with E-state index in [4.69, 9.17) is 0 Å². The van der Waals surface area contributed by atoms with Gasteiger partial charge in [0.2, 0.25) is 0 Å². The van der Waals surface area contributed by atoms with E-state index in [1.807, 2.05) is 29.1 Å². The molecule has 2 heterocycles. The van der Waals surface area contributed by atoms with E-state index in [0.29, 0.717) is 6.54 Å². The molecule has 7 heteroatoms. The first-order chi connectivity index (χ1) is 13.3. The van der Waals surface area contributed by atoms with E-state index < -0.39 is 0 Å². The molecule has 0 saturated carbocycles. The number of nitrogens with one attached hydrogen (secondary N) is 2. The number of imidazole rings is 1. The second-order valence-electron chi connectivity index (χ2n) is 6.17. The average Bonchev–Trinajstić information content (AvgIpc) is 3.25. The number of aromatic nitrogens is 3. The number of hydrogen-bond donors (Lipinski definition) is 2. The van der Waals surface area contributed by atoms with Gasteiger partial charge in [0.05, 0.1) is 6.54 Å². The number of halogens is 1. The van der Waals surface area contributed by atoms with Crippen LogP contribution in [0.25, 0.3) is 5.82 Å². The van der Waals surface area contributed by atoms with Crippen molar-refractivity contribution < 1.29 is 0 Å². The molecule has 0 atom stereocenters. The summed E-state index contributed by atoms with van der Waals surface area (Å²) in [7, 11) is 0. The Morgan fingerprint density at radius 1 is 1.07 bits per heavy atom. The van der Waals surface area contributed by atoms with Crippen LogP contribution in [-0.2, 0) is 19.5 Å². The number of aliphatic imine (C=N–C) groups is 1. The fraction of sp³-hybridized carbons (Fsp3) is 0.286. The van der Waals surface area contributed by atoms with Gasteiger partial charge in [-0.25, -0.2) is 15.0 Å². The normalized spacial score (nSPS) is 11.0. The summed E-state index contributed by atoms with van der Waals surface area (Å²) in [6.45, 7) is 6.39. The van der Waals surface area contributed by atoms with Gasteiger partial charge in [0, 0.05) is 31.7 Å². The van der Waals surface area contributed by atoms with Gasteiger partial charge in [0.1, 0.15) is 12.1 Å². The standard InChI is InChI=1S/C21H26N6.HI/c1-3-18-7-5-6-8-19(18)15-26-21(23-4-2)25-14-17-9-10-20(24-13-17)27-12-11-22-16-27;/h5-13,16H,3-4,14-15H2,1-2H3,(H2,23,25,26);1H. The number of hydrogen-bond acceptors (Lipinski definition) is 3. The van der Waals surface area contributed by atoms with E-state index in [9.17, 15) is 0 Å². The maximum atomic E-state index is 4.68. The monoisotopic (exact) mass is 490 g/mol. The smallest absolute Gasteiger partial charge is 0.191 e. The zero-order valence-corrected chi connectivity index (χ0v) is 18.6. The highest BCUT2D eigenvalue weighted by Crippen LogP contribution is 2.09. The number of nitrogens with zero attached hydrogens (tertiary/aromatic N) is 4. The van der Waals surface area contributed by atoms with Gasteiger partial charge in [-0.05, 0) is 36.1 Å². The van der Waals surface area contributed by atoms with Gasteiger partial charge in [0.15, 0.2) is 5.96 Å². The van der Waals surface area contributed by atoms with Crippen molar-refractivity contribution in [3.05, 3.63) is 78.0 Å². The van der Waals surface area contributed by atoms with Crippen LogP contribution in [0, 0.1) is 0 Å². The highest BCUT2D eigenvalue weighted by molar-refractivity contribution is 14.0. The van der Waals surface area contributed by atoms with E-state index in [-0.39, 0.29) is 24.0 Å². The SMILES string of the molecule is CCNC(=NCc1ccc(-n2ccnc2)nc1)NCc1ccccc1CC.I. The Kier molecular flexibility index (Phi) is 8.93. The first-order valence-electron chi connectivity index (χ1n) is 9.32. The Balaban J connectivity index is 0.00000280. The third-order valence-electron chi connectivity index (χ3n) is 4.29. The summed E-state index contributed by atoms with van der Waals surface area (Å²) in [5.41, 5.74) is 3.72. The van der Waals surface area contributed by atoms with Crippen LogP contribution in [0.15, 0.2) is 66.3 Å². The molecule has 0 unspecified atom stereocenters. The molecule has 0 amide bonds. The fourth-order valence-corrected chi connectivity index (χ4v) is 2.82. The van der Waals surface area contributed by atoms with Gasteiger partial charge >= 0.3 is 0 Å². The van der Waals surface area contributed by atoms with Crippen molar-refractivity contribution in [2.75, 3.05) is 6.54 Å². The molecule has 6 nitrogen and oxygen atoms in total. The molecule has 0 aliphatic rings. The predicted molar refractivity (Wildman–Crippen MR) is 124 cm³/mol. The van der Waals surface area contributed by atoms with Crippen molar-refractivity contribution in [3.8, 4) is 5.82 Å². The maximum Gasteiger partial charge on any atom is 0.191 e. The summed E-state index contributed by atoms with van der Waals surface area (Å²) in [4.78, 5) is 13.2. The van der Waals surface area contributed by atoms with Crippen molar-refractivity contribution in [1.29, 1.82) is 0 Å². The number of pyridine rings is 1. The largest absolute Gasteiger partial charge is 0.357 e. The van der Waals surface area contributed by atoms with Gasteiger partial charge in [-0.1, -0.05) is 37.3 Å². The van der Waals surface area contributed by atoms with Crippen LogP contribution in [0.1, 0.15) is 30.5 Å². The third kappa shape index (κ3) is 6.05. The van der Waals surface area contributed by atoms with E-state index in [2.05, 4.69) is 63.7 Å². The lowest BCUT2D eigenvalue weighted by atomic mass is 10.1. The highest BCUT2D eigenvalue weighted by atomic mass is 127. The molecule has 28 heavy (non-hydrogen) atoms. The summed E-state index contributed by atoms with van der Waals surface area (Å²) in [6.07, 6.45) is 8.24. The molecule has 148 valence electrons. The molecule has 3 aromatic rings. The molecular weight excluding hydrogens is 463 g/mol.